The van der Waals surface area contributed by atoms with E-state index in [2.05, 4.69) is 20.9 Å². The van der Waals surface area contributed by atoms with E-state index in [4.69, 9.17) is 21.2 Å². The van der Waals surface area contributed by atoms with Crippen molar-refractivity contribution < 1.29 is 14.3 Å². The first-order valence-corrected chi connectivity index (χ1v) is 14.2. The van der Waals surface area contributed by atoms with Crippen LogP contribution in [0.5, 0.6) is 5.75 Å². The Bertz CT molecular complexity index is 1680. The van der Waals surface area contributed by atoms with Crippen LogP contribution in [0.15, 0.2) is 78.2 Å². The topological polar surface area (TPSA) is 157 Å². The van der Waals surface area contributed by atoms with E-state index < -0.39 is 0 Å². The van der Waals surface area contributed by atoms with Crippen molar-refractivity contribution in [3.63, 3.8) is 0 Å². The first-order chi connectivity index (χ1) is 19.9. The quantitative estimate of drug-likeness (QED) is 0.138. The first-order valence-electron chi connectivity index (χ1n) is 12.6. The van der Waals surface area contributed by atoms with Gasteiger partial charge in [0.15, 0.2) is 5.13 Å². The third kappa shape index (κ3) is 6.99. The molecule has 0 fully saturated rings. The summed E-state index contributed by atoms with van der Waals surface area (Å²) in [6, 6.07) is 21.5. The van der Waals surface area contributed by atoms with Crippen LogP contribution in [0.3, 0.4) is 0 Å². The molecule has 2 heterocycles. The minimum Gasteiger partial charge on any atom is -0.497 e. The Labute approximate surface area is 244 Å². The highest BCUT2D eigenvalue weighted by Crippen LogP contribution is 2.38. The minimum absolute atomic E-state index is 0.244. The number of hydrogen-bond donors (Lipinski definition) is 5. The lowest BCUT2D eigenvalue weighted by atomic mass is 10.1. The fourth-order valence-corrected chi connectivity index (χ4v) is 5.73. The summed E-state index contributed by atoms with van der Waals surface area (Å²) in [6.45, 7) is 0.457. The number of nitrogen functional groups attached to an aromatic ring is 2. The number of amides is 3. The maximum Gasteiger partial charge on any atom is 0.321 e. The van der Waals surface area contributed by atoms with Crippen molar-refractivity contribution in [2.75, 3.05) is 35.8 Å². The van der Waals surface area contributed by atoms with E-state index in [0.29, 0.717) is 50.7 Å². The van der Waals surface area contributed by atoms with Crippen molar-refractivity contribution in [1.29, 1.82) is 0 Å². The number of benzene rings is 3. The number of aromatic nitrogens is 2. The Kier molecular flexibility index (Phi) is 8.42. The number of carbonyl (C=O) groups excluding carboxylic acids is 2. The largest absolute Gasteiger partial charge is 0.497 e. The summed E-state index contributed by atoms with van der Waals surface area (Å²) in [5.74, 6) is 0.649. The lowest BCUT2D eigenvalue weighted by molar-refractivity contribution is 0.102. The van der Waals surface area contributed by atoms with E-state index in [1.54, 1.807) is 31.4 Å². The van der Waals surface area contributed by atoms with Gasteiger partial charge in [0.25, 0.3) is 5.91 Å². The molecular formula is C29H27N7O3S2. The van der Waals surface area contributed by atoms with Crippen LogP contribution in [-0.4, -0.2) is 35.6 Å². The average molecular weight is 586 g/mol. The fraction of sp³-hybridized carbons (Fsp3) is 0.103. The third-order valence-corrected chi connectivity index (χ3v) is 7.98. The number of nitrogens with zero attached hydrogens (tertiary/aromatic N) is 2. The number of rotatable bonds is 9. The SMILES string of the molecule is COc1cccc(C(=O)Nc2cccc(-c3csc(-c4sc(NC(=O)NCCc5ccc(N)cc5)nc4N)n3)c2)c1. The number of carbonyl (C=O) groups is 2. The van der Waals surface area contributed by atoms with Crippen LogP contribution < -0.4 is 32.2 Å². The highest BCUT2D eigenvalue weighted by atomic mass is 32.1. The molecule has 0 saturated heterocycles. The molecule has 0 atom stereocenters. The van der Waals surface area contributed by atoms with Crippen LogP contribution >= 0.6 is 22.7 Å². The highest BCUT2D eigenvalue weighted by Gasteiger charge is 2.17. The van der Waals surface area contributed by atoms with E-state index in [-0.39, 0.29) is 17.8 Å². The molecule has 2 aromatic heterocycles. The van der Waals surface area contributed by atoms with Crippen molar-refractivity contribution in [2.45, 2.75) is 6.42 Å². The van der Waals surface area contributed by atoms with Gasteiger partial charge in [-0.25, -0.2) is 14.8 Å². The molecule has 10 nitrogen and oxygen atoms in total. The molecule has 0 radical (unpaired) electrons. The lowest BCUT2D eigenvalue weighted by Crippen LogP contribution is -2.30. The van der Waals surface area contributed by atoms with E-state index in [9.17, 15) is 9.59 Å². The number of nitrogens with two attached hydrogens (primary N) is 2. The van der Waals surface area contributed by atoms with Crippen molar-refractivity contribution in [3.8, 4) is 26.9 Å². The van der Waals surface area contributed by atoms with E-state index >= 15 is 0 Å². The Hall–Kier alpha value is -4.94. The van der Waals surface area contributed by atoms with Gasteiger partial charge in [-0.1, -0.05) is 41.7 Å². The summed E-state index contributed by atoms with van der Waals surface area (Å²) < 4.78 is 5.21. The van der Waals surface area contributed by atoms with Gasteiger partial charge in [0.05, 0.1) is 12.8 Å². The normalized spacial score (nSPS) is 10.7. The molecule has 0 unspecified atom stereocenters. The second kappa shape index (κ2) is 12.5. The second-order valence-corrected chi connectivity index (χ2v) is 10.8. The first kappa shape index (κ1) is 27.6. The fourth-order valence-electron chi connectivity index (χ4n) is 3.92. The molecule has 0 bridgehead atoms. The molecule has 12 heteroatoms. The van der Waals surface area contributed by atoms with Crippen molar-refractivity contribution >= 4 is 56.9 Å². The van der Waals surface area contributed by atoms with E-state index in [1.165, 1.54) is 22.7 Å². The van der Waals surface area contributed by atoms with Gasteiger partial charge in [-0.3, -0.25) is 10.1 Å². The second-order valence-electron chi connectivity index (χ2n) is 8.91. The minimum atomic E-state index is -0.367. The number of methoxy groups -OCH3 is 1. The summed E-state index contributed by atoms with van der Waals surface area (Å²) >= 11 is 2.67. The molecule has 5 rings (SSSR count). The number of hydrogen-bond acceptors (Lipinski definition) is 9. The molecule has 3 aromatic carbocycles. The monoisotopic (exact) mass is 585 g/mol. The van der Waals surface area contributed by atoms with Gasteiger partial charge < -0.3 is 26.8 Å². The zero-order valence-corrected chi connectivity index (χ0v) is 23.6. The van der Waals surface area contributed by atoms with Crippen LogP contribution in [0.25, 0.3) is 21.1 Å². The highest BCUT2D eigenvalue weighted by molar-refractivity contribution is 7.23. The van der Waals surface area contributed by atoms with Gasteiger partial charge in [0.2, 0.25) is 0 Å². The molecule has 0 spiro atoms. The molecule has 41 heavy (non-hydrogen) atoms. The van der Waals surface area contributed by atoms with E-state index in [0.717, 1.165) is 16.8 Å². The molecule has 0 aliphatic rings. The molecule has 3 amide bonds. The van der Waals surface area contributed by atoms with Gasteiger partial charge in [-0.2, -0.15) is 0 Å². The Morgan fingerprint density at radius 1 is 0.951 bits per heavy atom. The molecule has 0 aliphatic heterocycles. The maximum atomic E-state index is 12.7. The van der Waals surface area contributed by atoms with Crippen LogP contribution in [-0.2, 0) is 6.42 Å². The predicted molar refractivity (Wildman–Crippen MR) is 166 cm³/mol. The van der Waals surface area contributed by atoms with Gasteiger partial charge in [0, 0.05) is 34.4 Å². The van der Waals surface area contributed by atoms with Crippen molar-refractivity contribution in [1.82, 2.24) is 15.3 Å². The summed E-state index contributed by atoms with van der Waals surface area (Å²) in [5, 5.41) is 11.4. The number of anilines is 4. The zero-order valence-electron chi connectivity index (χ0n) is 22.0. The Morgan fingerprint density at radius 2 is 1.76 bits per heavy atom. The number of nitrogens with one attached hydrogen (secondary N) is 3. The standard InChI is InChI=1S/C29H27N7O3S2/c1-39-22-7-3-5-19(15-22)26(37)33-21-6-2-4-18(14-21)23-16-40-27(34-23)24-25(31)35-29(41-24)36-28(38)32-13-12-17-8-10-20(30)11-9-17/h2-11,14-16H,12-13,30-31H2,1H3,(H,33,37)(H2,32,35,36,38). The molecule has 5 aromatic rings. The summed E-state index contributed by atoms with van der Waals surface area (Å²) in [6.07, 6.45) is 0.673. The number of urea groups is 1. The third-order valence-electron chi connectivity index (χ3n) is 6.00. The van der Waals surface area contributed by atoms with Crippen LogP contribution in [0, 0.1) is 0 Å². The molecular weight excluding hydrogens is 558 g/mol. The van der Waals surface area contributed by atoms with Crippen molar-refractivity contribution in [2.24, 2.45) is 0 Å². The number of thiazole rings is 2. The molecule has 208 valence electrons. The number of ether oxygens (including phenoxy) is 1. The molecule has 7 N–H and O–H groups in total. The van der Waals surface area contributed by atoms with Crippen LogP contribution in [0.4, 0.5) is 27.1 Å². The Morgan fingerprint density at radius 3 is 2.56 bits per heavy atom. The molecule has 0 aliphatic carbocycles. The van der Waals surface area contributed by atoms with Crippen LogP contribution in [0.2, 0.25) is 0 Å². The Balaban J connectivity index is 1.21. The zero-order chi connectivity index (χ0) is 28.8. The lowest BCUT2D eigenvalue weighted by Gasteiger charge is -2.08. The van der Waals surface area contributed by atoms with E-state index in [1.807, 2.05) is 53.9 Å². The van der Waals surface area contributed by atoms with Gasteiger partial charge in [-0.05, 0) is 54.4 Å². The van der Waals surface area contributed by atoms with Gasteiger partial charge in [0.1, 0.15) is 21.5 Å². The molecule has 0 saturated carbocycles. The average Bonchev–Trinajstić information content (AvgIpc) is 3.61. The maximum absolute atomic E-state index is 12.7. The van der Waals surface area contributed by atoms with Gasteiger partial charge >= 0.3 is 6.03 Å². The van der Waals surface area contributed by atoms with Crippen LogP contribution in [0.1, 0.15) is 15.9 Å². The predicted octanol–water partition coefficient (Wildman–Crippen LogP) is 5.72. The smallest absolute Gasteiger partial charge is 0.321 e. The van der Waals surface area contributed by atoms with Gasteiger partial charge in [-0.15, -0.1) is 11.3 Å². The van der Waals surface area contributed by atoms with Crippen molar-refractivity contribution in [3.05, 3.63) is 89.3 Å². The summed E-state index contributed by atoms with van der Waals surface area (Å²) in [4.78, 5) is 34.8. The summed E-state index contributed by atoms with van der Waals surface area (Å²) in [7, 11) is 1.56. The summed E-state index contributed by atoms with van der Waals surface area (Å²) in [5.41, 5.74) is 16.3.